The van der Waals surface area contributed by atoms with Crippen molar-refractivity contribution in [3.63, 3.8) is 0 Å². The van der Waals surface area contributed by atoms with Crippen molar-refractivity contribution in [3.05, 3.63) is 12.4 Å². The monoisotopic (exact) mass is 343 g/mol. The molecule has 0 aromatic rings. The van der Waals surface area contributed by atoms with Crippen LogP contribution in [0.1, 0.15) is 19.3 Å². The van der Waals surface area contributed by atoms with Crippen molar-refractivity contribution in [3.8, 4) is 0 Å². The molecule has 0 spiro atoms. The molecular weight excluding hydrogens is 326 g/mol. The molecule has 1 aliphatic heterocycles. The molecule has 11 nitrogen and oxygen atoms in total. The lowest BCUT2D eigenvalue weighted by Crippen LogP contribution is -2.60. The summed E-state index contributed by atoms with van der Waals surface area (Å²) in [7, 11) is 0. The zero-order chi connectivity index (χ0) is 18.4. The third-order valence-electron chi connectivity index (χ3n) is 3.19. The molecule has 0 atom stereocenters. The predicted octanol–water partition coefficient (Wildman–Crippen LogP) is 0.0413. The standard InChI is InChI=1S/C13H17N3O8/c1-8-14(5-2-9(17)18)12(23)16(7-4-11(21)22)13(24)15(8)6-3-10(19)20/h1-7H2,(H,17,18)(H,19,20)(H,21,22). The van der Waals surface area contributed by atoms with Crippen molar-refractivity contribution in [2.75, 3.05) is 19.6 Å². The fourth-order valence-corrected chi connectivity index (χ4v) is 2.00. The van der Waals surface area contributed by atoms with Crippen LogP contribution in [-0.2, 0) is 14.4 Å². The summed E-state index contributed by atoms with van der Waals surface area (Å²) in [5.41, 5.74) is 0. The molecule has 0 unspecified atom stereocenters. The Labute approximate surface area is 136 Å². The fourth-order valence-electron chi connectivity index (χ4n) is 2.00. The zero-order valence-electron chi connectivity index (χ0n) is 12.7. The van der Waals surface area contributed by atoms with Crippen LogP contribution in [0.3, 0.4) is 0 Å². The maximum Gasteiger partial charge on any atom is 0.333 e. The zero-order valence-corrected chi connectivity index (χ0v) is 12.7. The van der Waals surface area contributed by atoms with Gasteiger partial charge in [-0.25, -0.2) is 14.5 Å². The molecule has 11 heteroatoms. The molecule has 1 rings (SSSR count). The number of rotatable bonds is 9. The van der Waals surface area contributed by atoms with E-state index in [4.69, 9.17) is 15.3 Å². The lowest BCUT2D eigenvalue weighted by Gasteiger charge is -2.41. The van der Waals surface area contributed by atoms with Crippen LogP contribution in [0.25, 0.3) is 0 Å². The van der Waals surface area contributed by atoms with Gasteiger partial charge in [0.25, 0.3) is 0 Å². The Morgan fingerprint density at radius 3 is 1.29 bits per heavy atom. The van der Waals surface area contributed by atoms with E-state index in [9.17, 15) is 24.0 Å². The number of nitrogens with zero attached hydrogens (tertiary/aromatic N) is 3. The van der Waals surface area contributed by atoms with Crippen molar-refractivity contribution < 1.29 is 39.3 Å². The van der Waals surface area contributed by atoms with E-state index in [-0.39, 0.29) is 18.9 Å². The van der Waals surface area contributed by atoms with Crippen molar-refractivity contribution in [2.45, 2.75) is 19.3 Å². The Morgan fingerprint density at radius 2 is 1.00 bits per heavy atom. The summed E-state index contributed by atoms with van der Waals surface area (Å²) in [4.78, 5) is 59.1. The number of carbonyl (C=O) groups excluding carboxylic acids is 2. The van der Waals surface area contributed by atoms with Crippen LogP contribution < -0.4 is 0 Å². The molecular formula is C13H17N3O8. The minimum atomic E-state index is -1.23. The van der Waals surface area contributed by atoms with Gasteiger partial charge in [0.15, 0.2) is 0 Å². The number of urea groups is 2. The van der Waals surface area contributed by atoms with Crippen LogP contribution in [0.5, 0.6) is 0 Å². The van der Waals surface area contributed by atoms with Crippen molar-refractivity contribution in [1.82, 2.24) is 14.7 Å². The lowest BCUT2D eigenvalue weighted by atomic mass is 10.3. The van der Waals surface area contributed by atoms with E-state index in [1.807, 2.05) is 0 Å². The van der Waals surface area contributed by atoms with Crippen LogP contribution in [0.4, 0.5) is 9.59 Å². The SMILES string of the molecule is C=C1N(CCC(=O)O)C(=O)N(CCC(=O)O)C(=O)N1CCC(=O)O. The van der Waals surface area contributed by atoms with E-state index in [0.717, 1.165) is 9.80 Å². The lowest BCUT2D eigenvalue weighted by molar-refractivity contribution is -0.138. The summed E-state index contributed by atoms with van der Waals surface area (Å²) in [5, 5.41) is 26.2. The van der Waals surface area contributed by atoms with Gasteiger partial charge in [-0.1, -0.05) is 6.58 Å². The van der Waals surface area contributed by atoms with Gasteiger partial charge in [0.05, 0.1) is 19.3 Å². The summed E-state index contributed by atoms with van der Waals surface area (Å²) in [6, 6.07) is -1.78. The summed E-state index contributed by atoms with van der Waals surface area (Å²) in [5.74, 6) is -3.73. The minimum Gasteiger partial charge on any atom is -0.481 e. The summed E-state index contributed by atoms with van der Waals surface area (Å²) >= 11 is 0. The maximum atomic E-state index is 12.3. The second kappa shape index (κ2) is 7.94. The smallest absolute Gasteiger partial charge is 0.333 e. The average Bonchev–Trinajstić information content (AvgIpc) is 2.45. The molecule has 1 aliphatic rings. The molecule has 0 saturated carbocycles. The van der Waals surface area contributed by atoms with Gasteiger partial charge in [-0.15, -0.1) is 0 Å². The van der Waals surface area contributed by atoms with Crippen molar-refractivity contribution in [1.29, 1.82) is 0 Å². The highest BCUT2D eigenvalue weighted by Gasteiger charge is 2.40. The first-order valence-electron chi connectivity index (χ1n) is 6.90. The Hall–Kier alpha value is -3.11. The summed E-state index contributed by atoms with van der Waals surface area (Å²) in [6.45, 7) is 2.55. The molecule has 3 N–H and O–H groups in total. The molecule has 1 saturated heterocycles. The van der Waals surface area contributed by atoms with Gasteiger partial charge in [-0.3, -0.25) is 24.2 Å². The Kier molecular flexibility index (Phi) is 6.27. The van der Waals surface area contributed by atoms with Gasteiger partial charge in [0, 0.05) is 19.6 Å². The Bertz CT molecular complexity index is 489. The minimum absolute atomic E-state index is 0.140. The molecule has 1 fully saturated rings. The third-order valence-corrected chi connectivity index (χ3v) is 3.19. The molecule has 24 heavy (non-hydrogen) atoms. The van der Waals surface area contributed by atoms with Crippen LogP contribution >= 0.6 is 0 Å². The topological polar surface area (TPSA) is 156 Å². The van der Waals surface area contributed by atoms with Gasteiger partial charge in [0.2, 0.25) is 0 Å². The third kappa shape index (κ3) is 4.69. The molecule has 0 aromatic heterocycles. The number of carboxylic acid groups (broad SMARTS) is 3. The van der Waals surface area contributed by atoms with Crippen molar-refractivity contribution in [2.24, 2.45) is 0 Å². The second-order valence-electron chi connectivity index (χ2n) is 4.87. The van der Waals surface area contributed by atoms with Gasteiger partial charge in [-0.2, -0.15) is 0 Å². The van der Waals surface area contributed by atoms with Crippen LogP contribution in [0.15, 0.2) is 12.4 Å². The fraction of sp³-hybridized carbons (Fsp3) is 0.462. The number of aliphatic carboxylic acids is 3. The van der Waals surface area contributed by atoms with E-state index >= 15 is 0 Å². The Morgan fingerprint density at radius 1 is 0.708 bits per heavy atom. The molecule has 1 heterocycles. The van der Waals surface area contributed by atoms with Gasteiger partial charge >= 0.3 is 30.0 Å². The highest BCUT2D eigenvalue weighted by atomic mass is 16.4. The maximum absolute atomic E-state index is 12.3. The first-order chi connectivity index (χ1) is 11.1. The number of amides is 4. The van der Waals surface area contributed by atoms with Crippen molar-refractivity contribution >= 4 is 30.0 Å². The normalized spacial score (nSPS) is 15.0. The highest BCUT2D eigenvalue weighted by molar-refractivity contribution is 5.98. The first-order valence-corrected chi connectivity index (χ1v) is 6.90. The van der Waals surface area contributed by atoms with Crippen LogP contribution in [-0.4, -0.2) is 79.6 Å². The Balaban J connectivity index is 3.01. The largest absolute Gasteiger partial charge is 0.481 e. The average molecular weight is 343 g/mol. The summed E-state index contributed by atoms with van der Waals surface area (Å²) in [6.07, 6.45) is -1.33. The molecule has 0 radical (unpaired) electrons. The molecule has 4 amide bonds. The number of hydrogen-bond donors (Lipinski definition) is 3. The second-order valence-corrected chi connectivity index (χ2v) is 4.87. The van der Waals surface area contributed by atoms with Crippen LogP contribution in [0, 0.1) is 0 Å². The number of hydrogen-bond acceptors (Lipinski definition) is 5. The number of carboxylic acids is 3. The molecule has 0 aliphatic carbocycles. The van der Waals surface area contributed by atoms with Gasteiger partial charge in [0.1, 0.15) is 5.82 Å². The quantitative estimate of drug-likeness (QED) is 0.530. The van der Waals surface area contributed by atoms with Gasteiger partial charge in [-0.05, 0) is 0 Å². The van der Waals surface area contributed by atoms with E-state index in [1.165, 1.54) is 0 Å². The molecule has 0 bridgehead atoms. The van der Waals surface area contributed by atoms with Crippen LogP contribution in [0.2, 0.25) is 0 Å². The van der Waals surface area contributed by atoms with E-state index in [1.54, 1.807) is 0 Å². The predicted molar refractivity (Wildman–Crippen MR) is 76.8 cm³/mol. The highest BCUT2D eigenvalue weighted by Crippen LogP contribution is 2.22. The first kappa shape index (κ1) is 18.9. The van der Waals surface area contributed by atoms with Gasteiger partial charge < -0.3 is 15.3 Å². The van der Waals surface area contributed by atoms with E-state index < -0.39 is 55.8 Å². The number of carbonyl (C=O) groups is 5. The molecule has 0 aromatic carbocycles. The molecule has 132 valence electrons. The summed E-state index contributed by atoms with van der Waals surface area (Å²) < 4.78 is 0. The van der Waals surface area contributed by atoms with E-state index in [0.29, 0.717) is 4.90 Å². The van der Waals surface area contributed by atoms with E-state index in [2.05, 4.69) is 6.58 Å². The number of imide groups is 1.